The van der Waals surface area contributed by atoms with Crippen molar-refractivity contribution in [1.82, 2.24) is 0 Å². The average Bonchev–Trinajstić information content (AvgIpc) is 3.36. The molecule has 0 fully saturated rings. The first kappa shape index (κ1) is 23.8. The van der Waals surface area contributed by atoms with Crippen LogP contribution in [0.1, 0.15) is 22.3 Å². The van der Waals surface area contributed by atoms with E-state index in [4.69, 9.17) is 0 Å². The van der Waals surface area contributed by atoms with Gasteiger partial charge in [-0.25, -0.2) is 0 Å². The van der Waals surface area contributed by atoms with E-state index >= 15 is 0 Å². The molecule has 196 valence electrons. The Hall–Kier alpha value is -4.85. The maximum Gasteiger partial charge on any atom is 0.0713 e. The Labute approximate surface area is 250 Å². The van der Waals surface area contributed by atoms with Crippen molar-refractivity contribution in [2.45, 2.75) is 15.2 Å². The summed E-state index contributed by atoms with van der Waals surface area (Å²) in [6, 6.07) is 58.5. The maximum atomic E-state index is 2.46. The highest BCUT2D eigenvalue weighted by Gasteiger charge is 2.46. The van der Waals surface area contributed by atoms with Crippen molar-refractivity contribution in [1.29, 1.82) is 0 Å². The lowest BCUT2D eigenvalue weighted by Crippen LogP contribution is -2.28. The number of hydrogen-bond acceptors (Lipinski definition) is 1. The summed E-state index contributed by atoms with van der Waals surface area (Å²) in [5.41, 5.74) is 12.7. The summed E-state index contributed by atoms with van der Waals surface area (Å²) >= 11 is 1.89. The van der Waals surface area contributed by atoms with E-state index in [2.05, 4.69) is 158 Å². The van der Waals surface area contributed by atoms with Crippen LogP contribution < -0.4 is 0 Å². The fraction of sp³-hybridized carbons (Fsp3) is 0.0244. The maximum absolute atomic E-state index is 2.46. The second-order valence-corrected chi connectivity index (χ2v) is 12.3. The Morgan fingerprint density at radius 1 is 0.381 bits per heavy atom. The summed E-state index contributed by atoms with van der Waals surface area (Å²) in [4.78, 5) is 2.66. The Bertz CT molecular complexity index is 2110. The van der Waals surface area contributed by atoms with Gasteiger partial charge in [-0.1, -0.05) is 151 Å². The molecule has 7 aromatic rings. The minimum absolute atomic E-state index is 0.387. The van der Waals surface area contributed by atoms with E-state index in [1.807, 2.05) is 11.8 Å². The number of hydrogen-bond donors (Lipinski definition) is 0. The largest absolute Gasteiger partial charge is 0.0888 e. The first-order valence-electron chi connectivity index (χ1n) is 14.5. The van der Waals surface area contributed by atoms with Crippen LogP contribution in [0, 0.1) is 0 Å². The van der Waals surface area contributed by atoms with Crippen molar-refractivity contribution in [2.24, 2.45) is 0 Å². The van der Waals surface area contributed by atoms with Crippen molar-refractivity contribution in [3.05, 3.63) is 180 Å². The lowest BCUT2D eigenvalue weighted by molar-refractivity contribution is 0.769. The molecule has 2 aliphatic rings. The molecule has 42 heavy (non-hydrogen) atoms. The first-order chi connectivity index (χ1) is 20.8. The SMILES string of the molecule is c1ccc(C2(c3ccccc3)c3ccccc3-c3ccc(-c4ccc5c(c4)Sc4cccc6cccc-5c46)cc32)cc1. The quantitative estimate of drug-likeness (QED) is 0.211. The highest BCUT2D eigenvalue weighted by Crippen LogP contribution is 2.57. The normalized spacial score (nSPS) is 13.8. The fourth-order valence-corrected chi connectivity index (χ4v) is 8.55. The summed E-state index contributed by atoms with van der Waals surface area (Å²) in [7, 11) is 0. The molecular weight excluding hydrogens is 525 g/mol. The van der Waals surface area contributed by atoms with Gasteiger partial charge >= 0.3 is 0 Å². The number of fused-ring (bicyclic) bond motifs is 5. The smallest absolute Gasteiger partial charge is 0.0713 e. The van der Waals surface area contributed by atoms with Crippen LogP contribution in [0.5, 0.6) is 0 Å². The molecule has 0 amide bonds. The zero-order valence-electron chi connectivity index (χ0n) is 22.9. The number of benzene rings is 7. The molecule has 9 rings (SSSR count). The summed E-state index contributed by atoms with van der Waals surface area (Å²) < 4.78 is 0. The van der Waals surface area contributed by atoms with E-state index in [0.29, 0.717) is 0 Å². The molecule has 0 bridgehead atoms. The molecule has 0 unspecified atom stereocenters. The molecule has 0 aromatic heterocycles. The topological polar surface area (TPSA) is 0 Å². The third-order valence-electron chi connectivity index (χ3n) is 9.15. The third kappa shape index (κ3) is 3.26. The second-order valence-electron chi connectivity index (χ2n) is 11.3. The molecule has 1 heteroatoms. The van der Waals surface area contributed by atoms with Gasteiger partial charge in [0, 0.05) is 15.2 Å². The molecule has 7 aromatic carbocycles. The molecule has 0 atom stereocenters. The van der Waals surface area contributed by atoms with Crippen LogP contribution in [-0.2, 0) is 5.41 Å². The van der Waals surface area contributed by atoms with Gasteiger partial charge in [-0.3, -0.25) is 0 Å². The minimum atomic E-state index is -0.387. The van der Waals surface area contributed by atoms with E-state index < -0.39 is 0 Å². The van der Waals surface area contributed by atoms with Crippen LogP contribution in [0.3, 0.4) is 0 Å². The summed E-state index contributed by atoms with van der Waals surface area (Å²) in [5.74, 6) is 0. The molecule has 0 saturated carbocycles. The molecular formula is C41H26S. The van der Waals surface area contributed by atoms with Crippen LogP contribution >= 0.6 is 11.8 Å². The molecule has 0 radical (unpaired) electrons. The van der Waals surface area contributed by atoms with E-state index in [1.165, 1.54) is 76.2 Å². The van der Waals surface area contributed by atoms with Crippen LogP contribution in [0.2, 0.25) is 0 Å². The summed E-state index contributed by atoms with van der Waals surface area (Å²) in [5, 5.41) is 2.68. The van der Waals surface area contributed by atoms with Crippen molar-refractivity contribution >= 4 is 22.5 Å². The van der Waals surface area contributed by atoms with Crippen molar-refractivity contribution in [3.8, 4) is 33.4 Å². The van der Waals surface area contributed by atoms with Gasteiger partial charge < -0.3 is 0 Å². The van der Waals surface area contributed by atoms with Gasteiger partial charge in [0.2, 0.25) is 0 Å². The summed E-state index contributed by atoms with van der Waals surface area (Å²) in [6.45, 7) is 0. The van der Waals surface area contributed by atoms with Crippen LogP contribution in [0.4, 0.5) is 0 Å². The zero-order valence-corrected chi connectivity index (χ0v) is 23.7. The van der Waals surface area contributed by atoms with Gasteiger partial charge in [0.05, 0.1) is 5.41 Å². The Morgan fingerprint density at radius 2 is 0.976 bits per heavy atom. The van der Waals surface area contributed by atoms with Crippen LogP contribution in [-0.4, -0.2) is 0 Å². The molecule has 1 aliphatic carbocycles. The third-order valence-corrected chi connectivity index (χ3v) is 10.3. The molecule has 0 nitrogen and oxygen atoms in total. The average molecular weight is 551 g/mol. The second kappa shape index (κ2) is 9.08. The van der Waals surface area contributed by atoms with Crippen LogP contribution in [0.25, 0.3) is 44.2 Å². The molecule has 1 aliphatic heterocycles. The van der Waals surface area contributed by atoms with E-state index in [1.54, 1.807) is 0 Å². The fourth-order valence-electron chi connectivity index (χ4n) is 7.37. The van der Waals surface area contributed by atoms with E-state index in [-0.39, 0.29) is 5.41 Å². The summed E-state index contributed by atoms with van der Waals surface area (Å²) in [6.07, 6.45) is 0. The van der Waals surface area contributed by atoms with Crippen LogP contribution in [0.15, 0.2) is 168 Å². The van der Waals surface area contributed by atoms with Gasteiger partial charge in [-0.05, 0) is 79.2 Å². The molecule has 0 spiro atoms. The predicted octanol–water partition coefficient (Wildman–Crippen LogP) is 11.0. The zero-order chi connectivity index (χ0) is 27.7. The Morgan fingerprint density at radius 3 is 1.74 bits per heavy atom. The standard InChI is InChI=1S/C41H26S/c1-3-13-30(14-4-1)41(31-15-5-2-6-16-31)36-19-8-7-17-32(36)33-23-21-28(25-37(33)41)29-22-24-34-35-18-9-11-27-12-10-20-38(40(27)35)42-39(34)26-29/h1-26H. The Kier molecular flexibility index (Phi) is 5.15. The highest BCUT2D eigenvalue weighted by molar-refractivity contribution is 7.99. The van der Waals surface area contributed by atoms with Gasteiger partial charge in [0.25, 0.3) is 0 Å². The number of rotatable bonds is 3. The molecule has 0 N–H and O–H groups in total. The van der Waals surface area contributed by atoms with Gasteiger partial charge in [-0.15, -0.1) is 0 Å². The highest BCUT2D eigenvalue weighted by atomic mass is 32.2. The first-order valence-corrected chi connectivity index (χ1v) is 15.3. The lowest BCUT2D eigenvalue weighted by Gasteiger charge is -2.34. The Balaban J connectivity index is 1.27. The molecule has 0 saturated heterocycles. The molecule has 1 heterocycles. The van der Waals surface area contributed by atoms with Gasteiger partial charge in [0.15, 0.2) is 0 Å². The lowest BCUT2D eigenvalue weighted by atomic mass is 9.67. The van der Waals surface area contributed by atoms with Crippen molar-refractivity contribution in [3.63, 3.8) is 0 Å². The predicted molar refractivity (Wildman–Crippen MR) is 176 cm³/mol. The van der Waals surface area contributed by atoms with Gasteiger partial charge in [-0.2, -0.15) is 0 Å². The monoisotopic (exact) mass is 550 g/mol. The van der Waals surface area contributed by atoms with Crippen molar-refractivity contribution < 1.29 is 0 Å². The van der Waals surface area contributed by atoms with E-state index in [0.717, 1.165) is 0 Å². The van der Waals surface area contributed by atoms with Crippen molar-refractivity contribution in [2.75, 3.05) is 0 Å². The minimum Gasteiger partial charge on any atom is -0.0888 e. The van der Waals surface area contributed by atoms with E-state index in [9.17, 15) is 0 Å². The van der Waals surface area contributed by atoms with Gasteiger partial charge in [0.1, 0.15) is 0 Å².